The molecule has 0 saturated heterocycles. The monoisotopic (exact) mass is 437 g/mol. The van der Waals surface area contributed by atoms with E-state index in [-0.39, 0.29) is 17.4 Å². The zero-order chi connectivity index (χ0) is 23.3. The smallest absolute Gasteiger partial charge is 0.266 e. The van der Waals surface area contributed by atoms with Gasteiger partial charge >= 0.3 is 0 Å². The first-order valence-corrected chi connectivity index (χ1v) is 11.0. The van der Waals surface area contributed by atoms with Gasteiger partial charge in [0.1, 0.15) is 5.82 Å². The molecular formula is C27H23N3O3. The van der Waals surface area contributed by atoms with Gasteiger partial charge in [0.25, 0.3) is 17.4 Å². The number of imide groups is 1. The average molecular weight is 437 g/mol. The van der Waals surface area contributed by atoms with E-state index in [4.69, 9.17) is 4.98 Å². The Kier molecular flexibility index (Phi) is 4.93. The van der Waals surface area contributed by atoms with Gasteiger partial charge in [-0.2, -0.15) is 0 Å². The molecule has 2 heterocycles. The molecule has 33 heavy (non-hydrogen) atoms. The van der Waals surface area contributed by atoms with Gasteiger partial charge in [0.2, 0.25) is 0 Å². The van der Waals surface area contributed by atoms with Crippen LogP contribution in [0.3, 0.4) is 0 Å². The van der Waals surface area contributed by atoms with E-state index in [0.29, 0.717) is 40.0 Å². The second-order valence-electron chi connectivity index (χ2n) is 8.30. The molecule has 0 spiro atoms. The summed E-state index contributed by atoms with van der Waals surface area (Å²) in [5.74, 6) is -0.348. The lowest BCUT2D eigenvalue weighted by Gasteiger charge is -2.28. The summed E-state index contributed by atoms with van der Waals surface area (Å²) in [6.45, 7) is 5.83. The van der Waals surface area contributed by atoms with Crippen LogP contribution in [0.5, 0.6) is 0 Å². The number of fused-ring (bicyclic) bond motifs is 2. The quantitative estimate of drug-likeness (QED) is 0.432. The molecule has 1 aromatic heterocycles. The van der Waals surface area contributed by atoms with Gasteiger partial charge in [0.15, 0.2) is 0 Å². The minimum atomic E-state index is -0.699. The molecule has 1 aliphatic rings. The normalized spacial score (nSPS) is 14.1. The van der Waals surface area contributed by atoms with Crippen LogP contribution in [0.4, 0.5) is 0 Å². The maximum atomic E-state index is 13.8. The van der Waals surface area contributed by atoms with Crippen molar-refractivity contribution in [2.45, 2.75) is 33.2 Å². The van der Waals surface area contributed by atoms with Crippen molar-refractivity contribution in [1.82, 2.24) is 14.5 Å². The summed E-state index contributed by atoms with van der Waals surface area (Å²) in [4.78, 5) is 46.4. The van der Waals surface area contributed by atoms with Crippen LogP contribution in [0.25, 0.3) is 16.6 Å². The second-order valence-corrected chi connectivity index (χ2v) is 8.30. The standard InChI is InChI=1S/C27H23N3O3/c1-4-22(30-25(31)18-11-5-6-12-19(18)26(30)32)24-28-21-14-8-7-13-20(21)27(33)29(24)23-15-9-10-16(2)17(23)3/h5-15,22H,4H2,1-3H3/t22-/m1/s1. The topological polar surface area (TPSA) is 72.3 Å². The summed E-state index contributed by atoms with van der Waals surface area (Å²) in [7, 11) is 0. The molecule has 0 fully saturated rings. The molecule has 4 aromatic rings. The summed E-state index contributed by atoms with van der Waals surface area (Å²) < 4.78 is 1.57. The molecule has 164 valence electrons. The van der Waals surface area contributed by atoms with Crippen molar-refractivity contribution in [2.75, 3.05) is 0 Å². The van der Waals surface area contributed by atoms with Crippen LogP contribution >= 0.6 is 0 Å². The van der Waals surface area contributed by atoms with Crippen molar-refractivity contribution in [3.63, 3.8) is 0 Å². The molecule has 5 rings (SSSR count). The van der Waals surface area contributed by atoms with Crippen molar-refractivity contribution in [3.8, 4) is 5.69 Å². The molecule has 0 radical (unpaired) electrons. The number of para-hydroxylation sites is 1. The third-order valence-corrected chi connectivity index (χ3v) is 6.44. The number of nitrogens with zero attached hydrogens (tertiary/aromatic N) is 3. The van der Waals surface area contributed by atoms with Crippen LogP contribution in [-0.4, -0.2) is 26.3 Å². The van der Waals surface area contributed by atoms with Gasteiger partial charge in [0, 0.05) is 0 Å². The number of amides is 2. The third-order valence-electron chi connectivity index (χ3n) is 6.44. The van der Waals surface area contributed by atoms with Gasteiger partial charge in [0.05, 0.1) is 33.8 Å². The molecule has 1 aliphatic heterocycles. The zero-order valence-electron chi connectivity index (χ0n) is 18.7. The lowest BCUT2D eigenvalue weighted by atomic mass is 10.1. The summed E-state index contributed by atoms with van der Waals surface area (Å²) in [6.07, 6.45) is 0.418. The van der Waals surface area contributed by atoms with Gasteiger partial charge in [-0.25, -0.2) is 4.98 Å². The number of rotatable bonds is 4. The van der Waals surface area contributed by atoms with E-state index >= 15 is 0 Å². The highest BCUT2D eigenvalue weighted by atomic mass is 16.2. The van der Waals surface area contributed by atoms with Crippen LogP contribution < -0.4 is 5.56 Å². The zero-order valence-corrected chi connectivity index (χ0v) is 18.7. The van der Waals surface area contributed by atoms with E-state index in [1.807, 2.05) is 45.0 Å². The largest absolute Gasteiger partial charge is 0.269 e. The fraction of sp³-hybridized carbons (Fsp3) is 0.185. The van der Waals surface area contributed by atoms with Crippen molar-refractivity contribution >= 4 is 22.7 Å². The van der Waals surface area contributed by atoms with Gasteiger partial charge in [-0.3, -0.25) is 23.9 Å². The van der Waals surface area contributed by atoms with E-state index in [1.54, 1.807) is 47.0 Å². The van der Waals surface area contributed by atoms with Crippen LogP contribution in [0, 0.1) is 13.8 Å². The molecular weight excluding hydrogens is 414 g/mol. The molecule has 2 amide bonds. The highest BCUT2D eigenvalue weighted by Gasteiger charge is 2.41. The summed E-state index contributed by atoms with van der Waals surface area (Å²) in [5, 5.41) is 0.486. The van der Waals surface area contributed by atoms with Crippen molar-refractivity contribution in [3.05, 3.63) is 105 Å². The Morgan fingerprint density at radius 2 is 1.45 bits per heavy atom. The number of hydrogen-bond donors (Lipinski definition) is 0. The first-order chi connectivity index (χ1) is 15.9. The lowest BCUT2D eigenvalue weighted by Crippen LogP contribution is -2.38. The van der Waals surface area contributed by atoms with E-state index in [0.717, 1.165) is 11.1 Å². The van der Waals surface area contributed by atoms with E-state index in [9.17, 15) is 14.4 Å². The molecule has 1 atom stereocenters. The molecule has 0 aliphatic carbocycles. The molecule has 0 bridgehead atoms. The minimum Gasteiger partial charge on any atom is -0.269 e. The Morgan fingerprint density at radius 3 is 2.12 bits per heavy atom. The fourth-order valence-electron chi connectivity index (χ4n) is 4.56. The maximum Gasteiger partial charge on any atom is 0.266 e. The Bertz CT molecular complexity index is 1470. The summed E-state index contributed by atoms with van der Waals surface area (Å²) >= 11 is 0. The molecule has 3 aromatic carbocycles. The number of benzene rings is 3. The number of hydrogen-bond acceptors (Lipinski definition) is 4. The van der Waals surface area contributed by atoms with Gasteiger partial charge in [-0.1, -0.05) is 43.3 Å². The predicted molar refractivity (Wildman–Crippen MR) is 127 cm³/mol. The predicted octanol–water partition coefficient (Wildman–Crippen LogP) is 4.75. The van der Waals surface area contributed by atoms with Crippen molar-refractivity contribution < 1.29 is 9.59 Å². The lowest BCUT2D eigenvalue weighted by molar-refractivity contribution is 0.0568. The number of carbonyl (C=O) groups is 2. The average Bonchev–Trinajstić information content (AvgIpc) is 3.08. The molecule has 6 nitrogen and oxygen atoms in total. The van der Waals surface area contributed by atoms with Crippen LogP contribution in [-0.2, 0) is 0 Å². The number of aromatic nitrogens is 2. The SMILES string of the molecule is CC[C@H](c1nc2ccccc2c(=O)n1-c1cccc(C)c1C)N1C(=O)c2ccccc2C1=O. The highest BCUT2D eigenvalue weighted by Crippen LogP contribution is 2.34. The minimum absolute atomic E-state index is 0.223. The number of aryl methyl sites for hydroxylation is 1. The summed E-state index contributed by atoms with van der Waals surface area (Å²) in [6, 6.07) is 19.0. The Labute approximate surface area is 191 Å². The van der Waals surface area contributed by atoms with Crippen molar-refractivity contribution in [2.24, 2.45) is 0 Å². The van der Waals surface area contributed by atoms with Crippen LogP contribution in [0.2, 0.25) is 0 Å². The van der Waals surface area contributed by atoms with Gasteiger partial charge in [-0.05, 0) is 61.7 Å². The maximum absolute atomic E-state index is 13.8. The van der Waals surface area contributed by atoms with Gasteiger partial charge < -0.3 is 0 Å². The van der Waals surface area contributed by atoms with E-state index in [1.165, 1.54) is 4.90 Å². The van der Waals surface area contributed by atoms with Crippen molar-refractivity contribution in [1.29, 1.82) is 0 Å². The first kappa shape index (κ1) is 20.8. The number of carbonyl (C=O) groups excluding carboxylic acids is 2. The molecule has 6 heteroatoms. The third kappa shape index (κ3) is 3.09. The van der Waals surface area contributed by atoms with Crippen LogP contribution in [0.15, 0.2) is 71.5 Å². The van der Waals surface area contributed by atoms with E-state index in [2.05, 4.69) is 0 Å². The highest BCUT2D eigenvalue weighted by molar-refractivity contribution is 6.21. The second kappa shape index (κ2) is 7.81. The fourth-order valence-corrected chi connectivity index (χ4v) is 4.56. The van der Waals surface area contributed by atoms with Gasteiger partial charge in [-0.15, -0.1) is 0 Å². The first-order valence-electron chi connectivity index (χ1n) is 11.0. The molecule has 0 unspecified atom stereocenters. The summed E-state index contributed by atoms with van der Waals surface area (Å²) in [5.41, 5.74) is 3.74. The Morgan fingerprint density at radius 1 is 0.818 bits per heavy atom. The van der Waals surface area contributed by atoms with Crippen LogP contribution in [0.1, 0.15) is 57.1 Å². The Balaban J connectivity index is 1.80. The molecule has 0 N–H and O–H groups in total. The Hall–Kier alpha value is -4.06. The molecule has 0 saturated carbocycles. The van der Waals surface area contributed by atoms with E-state index < -0.39 is 6.04 Å².